The number of anilines is 1. The number of nitrogens with zero attached hydrogens (tertiary/aromatic N) is 2. The van der Waals surface area contributed by atoms with Crippen molar-refractivity contribution >= 4 is 23.5 Å². The minimum atomic E-state index is -1.75. The Morgan fingerprint density at radius 1 is 1.13 bits per heavy atom. The summed E-state index contributed by atoms with van der Waals surface area (Å²) in [6.45, 7) is 2.48. The van der Waals surface area contributed by atoms with Gasteiger partial charge in [-0.25, -0.2) is 0 Å². The molecule has 0 fully saturated rings. The van der Waals surface area contributed by atoms with E-state index in [1.165, 1.54) is 7.11 Å². The van der Waals surface area contributed by atoms with Gasteiger partial charge >= 0.3 is 5.97 Å². The van der Waals surface area contributed by atoms with Crippen LogP contribution in [0.3, 0.4) is 0 Å². The highest BCUT2D eigenvalue weighted by Crippen LogP contribution is 2.45. The summed E-state index contributed by atoms with van der Waals surface area (Å²) in [5.41, 5.74) is 1.67. The SMILES string of the molecule is COC(=O)CCCCN1C(=O)[C@](O)([C@H](C)/C=C/CC(=O)N2Cc3ccccc3C[C@H]2CO)c2ccccc21. The quantitative estimate of drug-likeness (QED) is 0.283. The average molecular weight is 521 g/mol. The number of unbranched alkanes of at least 4 members (excludes halogenated alkanes) is 1. The van der Waals surface area contributed by atoms with Gasteiger partial charge in [-0.15, -0.1) is 0 Å². The zero-order valence-electron chi connectivity index (χ0n) is 22.0. The van der Waals surface area contributed by atoms with Crippen LogP contribution in [-0.2, 0) is 37.7 Å². The van der Waals surface area contributed by atoms with Gasteiger partial charge < -0.3 is 24.7 Å². The van der Waals surface area contributed by atoms with E-state index in [9.17, 15) is 24.6 Å². The number of methoxy groups -OCH3 is 1. The molecule has 3 atom stereocenters. The van der Waals surface area contributed by atoms with E-state index in [0.717, 1.165) is 11.1 Å². The molecule has 0 bridgehead atoms. The molecule has 2 amide bonds. The van der Waals surface area contributed by atoms with Crippen LogP contribution in [0.1, 0.15) is 49.3 Å². The first kappa shape index (κ1) is 27.5. The van der Waals surface area contributed by atoms with E-state index in [1.54, 1.807) is 41.0 Å². The van der Waals surface area contributed by atoms with Gasteiger partial charge in [0, 0.05) is 37.4 Å². The second-order valence-electron chi connectivity index (χ2n) is 10.0. The first-order chi connectivity index (χ1) is 18.3. The number of rotatable bonds is 10. The first-order valence-corrected chi connectivity index (χ1v) is 13.2. The maximum atomic E-state index is 13.5. The average Bonchev–Trinajstić information content (AvgIpc) is 3.16. The smallest absolute Gasteiger partial charge is 0.305 e. The van der Waals surface area contributed by atoms with Crippen molar-refractivity contribution in [2.75, 3.05) is 25.2 Å². The highest BCUT2D eigenvalue weighted by molar-refractivity contribution is 6.07. The number of ether oxygens (including phenoxy) is 1. The molecule has 0 aliphatic carbocycles. The third-order valence-corrected chi connectivity index (χ3v) is 7.68. The number of carbonyl (C=O) groups is 3. The van der Waals surface area contributed by atoms with Crippen LogP contribution in [0.2, 0.25) is 0 Å². The largest absolute Gasteiger partial charge is 0.469 e. The molecule has 38 heavy (non-hydrogen) atoms. The van der Waals surface area contributed by atoms with Crippen LogP contribution < -0.4 is 4.90 Å². The number of aliphatic hydroxyl groups is 2. The topological polar surface area (TPSA) is 107 Å². The zero-order valence-corrected chi connectivity index (χ0v) is 22.0. The Hall–Kier alpha value is -3.49. The minimum absolute atomic E-state index is 0.103. The van der Waals surface area contributed by atoms with E-state index < -0.39 is 17.4 Å². The molecule has 2 aromatic carbocycles. The van der Waals surface area contributed by atoms with Crippen molar-refractivity contribution in [2.45, 2.75) is 57.2 Å². The van der Waals surface area contributed by atoms with Gasteiger partial charge in [0.2, 0.25) is 5.91 Å². The lowest BCUT2D eigenvalue weighted by Gasteiger charge is -2.36. The van der Waals surface area contributed by atoms with E-state index in [1.807, 2.05) is 36.4 Å². The van der Waals surface area contributed by atoms with Crippen molar-refractivity contribution in [1.29, 1.82) is 0 Å². The summed E-state index contributed by atoms with van der Waals surface area (Å²) >= 11 is 0. The number of hydrogen-bond acceptors (Lipinski definition) is 6. The third kappa shape index (κ3) is 5.37. The predicted octanol–water partition coefficient (Wildman–Crippen LogP) is 3.09. The van der Waals surface area contributed by atoms with E-state index in [0.29, 0.717) is 43.6 Å². The van der Waals surface area contributed by atoms with Crippen LogP contribution >= 0.6 is 0 Å². The van der Waals surface area contributed by atoms with Crippen LogP contribution in [0.4, 0.5) is 5.69 Å². The molecule has 0 aromatic heterocycles. The molecule has 8 heteroatoms. The number of para-hydroxylation sites is 1. The molecule has 0 saturated heterocycles. The molecule has 0 saturated carbocycles. The van der Waals surface area contributed by atoms with Gasteiger partial charge in [-0.2, -0.15) is 0 Å². The van der Waals surface area contributed by atoms with Gasteiger partial charge in [0.25, 0.3) is 5.91 Å². The van der Waals surface area contributed by atoms with Crippen LogP contribution in [-0.4, -0.2) is 59.2 Å². The molecule has 2 heterocycles. The van der Waals surface area contributed by atoms with E-state index in [-0.39, 0.29) is 37.4 Å². The van der Waals surface area contributed by atoms with Crippen molar-refractivity contribution in [2.24, 2.45) is 5.92 Å². The lowest BCUT2D eigenvalue weighted by Crippen LogP contribution is -2.46. The summed E-state index contributed by atoms with van der Waals surface area (Å²) in [6, 6.07) is 14.9. The van der Waals surface area contributed by atoms with Gasteiger partial charge in [-0.3, -0.25) is 14.4 Å². The van der Waals surface area contributed by atoms with Crippen molar-refractivity contribution in [3.05, 3.63) is 77.4 Å². The molecule has 2 aliphatic heterocycles. The molecule has 2 aliphatic rings. The van der Waals surface area contributed by atoms with Crippen molar-refractivity contribution in [3.63, 3.8) is 0 Å². The standard InChI is InChI=1S/C30H36N2O6/c1-21(10-9-15-27(34)32-19-23-12-4-3-11-22(23)18-24(32)20-33)30(37)25-13-5-6-14-26(25)31(29(30)36)17-8-7-16-28(35)38-2/h3-6,9-14,21,24,33,37H,7-8,15-20H2,1-2H3/b10-9+/t21-,24+,30+/m1/s1. The Kier molecular flexibility index (Phi) is 8.64. The lowest BCUT2D eigenvalue weighted by atomic mass is 9.83. The lowest BCUT2D eigenvalue weighted by molar-refractivity contribution is -0.140. The summed E-state index contributed by atoms with van der Waals surface area (Å²) < 4.78 is 4.68. The van der Waals surface area contributed by atoms with Gasteiger partial charge in [0.1, 0.15) is 0 Å². The Balaban J connectivity index is 1.43. The van der Waals surface area contributed by atoms with E-state index >= 15 is 0 Å². The number of hydrogen-bond donors (Lipinski definition) is 2. The van der Waals surface area contributed by atoms with Crippen molar-refractivity contribution in [3.8, 4) is 0 Å². The molecule has 0 spiro atoms. The Bertz CT molecular complexity index is 1210. The number of carbonyl (C=O) groups excluding carboxylic acids is 3. The fourth-order valence-electron chi connectivity index (χ4n) is 5.44. The summed E-state index contributed by atoms with van der Waals surface area (Å²) in [5.74, 6) is -1.39. The number of esters is 1. The molecule has 0 radical (unpaired) electrons. The van der Waals surface area contributed by atoms with Crippen molar-refractivity contribution < 1.29 is 29.3 Å². The normalized spacial score (nSPS) is 21.4. The summed E-state index contributed by atoms with van der Waals surface area (Å²) in [5, 5.41) is 21.6. The number of aliphatic hydroxyl groups excluding tert-OH is 1. The first-order valence-electron chi connectivity index (χ1n) is 13.2. The molecule has 2 N–H and O–H groups in total. The van der Waals surface area contributed by atoms with Crippen LogP contribution in [0.5, 0.6) is 0 Å². The molecule has 4 rings (SSSR count). The van der Waals surface area contributed by atoms with Gasteiger partial charge in [0.05, 0.1) is 25.4 Å². The number of benzene rings is 2. The van der Waals surface area contributed by atoms with Crippen LogP contribution in [0.15, 0.2) is 60.7 Å². The Morgan fingerprint density at radius 3 is 2.58 bits per heavy atom. The van der Waals surface area contributed by atoms with Gasteiger partial charge in [0.15, 0.2) is 5.60 Å². The van der Waals surface area contributed by atoms with Gasteiger partial charge in [-0.05, 0) is 36.5 Å². The highest BCUT2D eigenvalue weighted by Gasteiger charge is 2.52. The number of amides is 2. The van der Waals surface area contributed by atoms with E-state index in [4.69, 9.17) is 0 Å². The molecule has 8 nitrogen and oxygen atoms in total. The highest BCUT2D eigenvalue weighted by atomic mass is 16.5. The maximum Gasteiger partial charge on any atom is 0.305 e. The minimum Gasteiger partial charge on any atom is -0.469 e. The monoisotopic (exact) mass is 520 g/mol. The Labute approximate surface area is 223 Å². The predicted molar refractivity (Wildman–Crippen MR) is 143 cm³/mol. The maximum absolute atomic E-state index is 13.5. The molecule has 0 unspecified atom stereocenters. The third-order valence-electron chi connectivity index (χ3n) is 7.68. The van der Waals surface area contributed by atoms with Crippen molar-refractivity contribution in [1.82, 2.24) is 4.90 Å². The van der Waals surface area contributed by atoms with E-state index in [2.05, 4.69) is 4.74 Å². The summed E-state index contributed by atoms with van der Waals surface area (Å²) in [7, 11) is 1.35. The molecule has 2 aromatic rings. The van der Waals surface area contributed by atoms with Crippen LogP contribution in [0, 0.1) is 5.92 Å². The van der Waals surface area contributed by atoms with Gasteiger partial charge in [-0.1, -0.05) is 61.5 Å². The zero-order chi connectivity index (χ0) is 27.3. The summed E-state index contributed by atoms with van der Waals surface area (Å²) in [6.07, 6.45) is 5.58. The molecule has 202 valence electrons. The summed E-state index contributed by atoms with van der Waals surface area (Å²) in [4.78, 5) is 41.3. The van der Waals surface area contributed by atoms with Crippen LogP contribution in [0.25, 0.3) is 0 Å². The Morgan fingerprint density at radius 2 is 1.84 bits per heavy atom. The molecular formula is C30H36N2O6. The number of fused-ring (bicyclic) bond motifs is 2. The molecular weight excluding hydrogens is 484 g/mol. The fraction of sp³-hybridized carbons (Fsp3) is 0.433. The second-order valence-corrected chi connectivity index (χ2v) is 10.0. The fourth-order valence-corrected chi connectivity index (χ4v) is 5.44. The second kappa shape index (κ2) is 11.9.